The van der Waals surface area contributed by atoms with Gasteiger partial charge in [-0.05, 0) is 19.4 Å². The minimum atomic E-state index is -0.956. The molecule has 5 aliphatic rings. The van der Waals surface area contributed by atoms with Crippen LogP contribution in [0.5, 0.6) is 0 Å². The first-order valence-corrected chi connectivity index (χ1v) is 9.18. The van der Waals surface area contributed by atoms with E-state index in [1.807, 2.05) is 36.1 Å². The second-order valence-corrected chi connectivity index (χ2v) is 8.10. The van der Waals surface area contributed by atoms with E-state index in [0.29, 0.717) is 6.61 Å². The Morgan fingerprint density at radius 1 is 1.38 bits per heavy atom. The Labute approximate surface area is 150 Å². The monoisotopic (exact) mass is 353 g/mol. The maximum atomic E-state index is 13.5. The SMILES string of the molecule is Cc1ccc2c(c1)[C@H]1OCC[C@H]1[C@H]1N2C(=O)[C@H]2[C@H](C(=O)O)[C@H]3C=C[C@]21O3. The fourth-order valence-electron chi connectivity index (χ4n) is 6.04. The maximum Gasteiger partial charge on any atom is 0.310 e. The van der Waals surface area contributed by atoms with Gasteiger partial charge in [-0.25, -0.2) is 0 Å². The molecule has 3 saturated heterocycles. The largest absolute Gasteiger partial charge is 0.481 e. The standard InChI is InChI=1S/C20H19NO5/c1-9-2-3-12-11(8-9)16-10(5-7-25-16)17-20-6-4-13(26-20)14(19(23)24)15(20)18(22)21(12)17/h2-4,6,8,10,13-17H,5,7H2,1H3,(H,23,24)/t10-,13-,14-,15-,16+,17-,20+/m1/s1. The smallest absolute Gasteiger partial charge is 0.310 e. The molecule has 6 nitrogen and oxygen atoms in total. The molecule has 6 rings (SSSR count). The Morgan fingerprint density at radius 3 is 3.04 bits per heavy atom. The molecule has 5 aliphatic heterocycles. The number of carboxylic acid groups (broad SMARTS) is 1. The summed E-state index contributed by atoms with van der Waals surface area (Å²) in [5.41, 5.74) is 2.17. The molecule has 1 N–H and O–H groups in total. The van der Waals surface area contributed by atoms with Gasteiger partial charge in [-0.3, -0.25) is 9.59 Å². The van der Waals surface area contributed by atoms with Crippen molar-refractivity contribution in [2.45, 2.75) is 37.2 Å². The molecule has 26 heavy (non-hydrogen) atoms. The van der Waals surface area contributed by atoms with Crippen molar-refractivity contribution in [1.29, 1.82) is 0 Å². The first kappa shape index (κ1) is 14.9. The summed E-state index contributed by atoms with van der Waals surface area (Å²) in [6.45, 7) is 2.68. The Balaban J connectivity index is 1.59. The van der Waals surface area contributed by atoms with Crippen LogP contribution in [0.25, 0.3) is 0 Å². The molecular weight excluding hydrogens is 334 g/mol. The number of ether oxygens (including phenoxy) is 2. The summed E-state index contributed by atoms with van der Waals surface area (Å²) in [6.07, 6.45) is 4.07. The predicted molar refractivity (Wildman–Crippen MR) is 90.6 cm³/mol. The molecule has 3 fully saturated rings. The first-order valence-electron chi connectivity index (χ1n) is 9.18. The fourth-order valence-corrected chi connectivity index (χ4v) is 6.04. The van der Waals surface area contributed by atoms with Crippen LogP contribution in [0.4, 0.5) is 5.69 Å². The average Bonchev–Trinajstić information content (AvgIpc) is 3.35. The normalized spacial score (nSPS) is 44.0. The third-order valence-electron chi connectivity index (χ3n) is 6.91. The summed E-state index contributed by atoms with van der Waals surface area (Å²) >= 11 is 0. The number of benzene rings is 1. The van der Waals surface area contributed by atoms with Crippen molar-refractivity contribution in [1.82, 2.24) is 0 Å². The van der Waals surface area contributed by atoms with Gasteiger partial charge in [0.15, 0.2) is 0 Å². The Bertz CT molecular complexity index is 894. The number of carbonyl (C=O) groups excluding carboxylic acids is 1. The van der Waals surface area contributed by atoms with Crippen LogP contribution in [0.15, 0.2) is 30.4 Å². The second kappa shape index (κ2) is 4.56. The molecule has 0 unspecified atom stereocenters. The highest BCUT2D eigenvalue weighted by Crippen LogP contribution is 2.62. The number of hydrogen-bond donors (Lipinski definition) is 1. The highest BCUT2D eigenvalue weighted by atomic mass is 16.5. The van der Waals surface area contributed by atoms with Gasteiger partial charge >= 0.3 is 5.97 Å². The lowest BCUT2D eigenvalue weighted by Crippen LogP contribution is -2.53. The summed E-state index contributed by atoms with van der Waals surface area (Å²) in [5, 5.41) is 9.74. The van der Waals surface area contributed by atoms with Crippen LogP contribution >= 0.6 is 0 Å². The molecule has 0 saturated carbocycles. The Morgan fingerprint density at radius 2 is 2.23 bits per heavy atom. The van der Waals surface area contributed by atoms with Gasteiger partial charge in [0.05, 0.1) is 24.2 Å². The zero-order valence-corrected chi connectivity index (χ0v) is 14.3. The molecule has 1 spiro atoms. The van der Waals surface area contributed by atoms with E-state index in [4.69, 9.17) is 9.47 Å². The van der Waals surface area contributed by atoms with E-state index in [2.05, 4.69) is 6.07 Å². The molecule has 6 heteroatoms. The topological polar surface area (TPSA) is 76.1 Å². The Hall–Kier alpha value is -2.18. The van der Waals surface area contributed by atoms with E-state index in [0.717, 1.165) is 23.2 Å². The minimum absolute atomic E-state index is 0.0630. The van der Waals surface area contributed by atoms with Crippen molar-refractivity contribution >= 4 is 17.6 Å². The minimum Gasteiger partial charge on any atom is -0.481 e. The summed E-state index contributed by atoms with van der Waals surface area (Å²) in [5.74, 6) is -2.43. The number of aryl methyl sites for hydroxylation is 1. The number of anilines is 1. The average molecular weight is 353 g/mol. The molecule has 0 aliphatic carbocycles. The summed E-state index contributed by atoms with van der Waals surface area (Å²) in [7, 11) is 0. The highest BCUT2D eigenvalue weighted by molar-refractivity contribution is 6.04. The van der Waals surface area contributed by atoms with Crippen LogP contribution in [0, 0.1) is 24.7 Å². The zero-order chi connectivity index (χ0) is 17.8. The number of aliphatic carboxylic acids is 1. The number of rotatable bonds is 1. The van der Waals surface area contributed by atoms with E-state index in [1.165, 1.54) is 0 Å². The number of hydrogen-bond acceptors (Lipinski definition) is 4. The van der Waals surface area contributed by atoms with Crippen LogP contribution in [0.2, 0.25) is 0 Å². The van der Waals surface area contributed by atoms with Crippen molar-refractivity contribution in [3.8, 4) is 0 Å². The van der Waals surface area contributed by atoms with E-state index in [-0.39, 0.29) is 24.0 Å². The number of carboxylic acids is 1. The molecule has 0 aromatic heterocycles. The van der Waals surface area contributed by atoms with E-state index in [1.54, 1.807) is 0 Å². The first-order chi connectivity index (χ1) is 12.5. The van der Waals surface area contributed by atoms with E-state index >= 15 is 0 Å². The molecule has 2 bridgehead atoms. The van der Waals surface area contributed by atoms with Gasteiger partial charge in [-0.1, -0.05) is 29.8 Å². The summed E-state index contributed by atoms with van der Waals surface area (Å²) in [4.78, 5) is 27.2. The summed E-state index contributed by atoms with van der Waals surface area (Å²) in [6, 6.07) is 5.86. The molecular formula is C20H19NO5. The fraction of sp³-hybridized carbons (Fsp3) is 0.500. The Kier molecular flexibility index (Phi) is 2.62. The molecule has 5 heterocycles. The lowest BCUT2D eigenvalue weighted by Gasteiger charge is -2.44. The highest BCUT2D eigenvalue weighted by Gasteiger charge is 2.74. The molecule has 134 valence electrons. The van der Waals surface area contributed by atoms with Crippen LogP contribution in [0.3, 0.4) is 0 Å². The number of fused-ring (bicyclic) bond motifs is 7. The number of carbonyl (C=O) groups is 2. The predicted octanol–water partition coefficient (Wildman–Crippen LogP) is 1.83. The number of nitrogens with zero attached hydrogens (tertiary/aromatic N) is 1. The second-order valence-electron chi connectivity index (χ2n) is 8.10. The summed E-state index contributed by atoms with van der Waals surface area (Å²) < 4.78 is 12.3. The van der Waals surface area contributed by atoms with Crippen LogP contribution < -0.4 is 4.90 Å². The molecule has 1 amide bonds. The molecule has 1 aromatic rings. The van der Waals surface area contributed by atoms with Crippen molar-refractivity contribution < 1.29 is 24.2 Å². The van der Waals surface area contributed by atoms with Gasteiger partial charge in [0.2, 0.25) is 5.91 Å². The van der Waals surface area contributed by atoms with Gasteiger partial charge < -0.3 is 19.5 Å². The quantitative estimate of drug-likeness (QED) is 0.780. The third kappa shape index (κ3) is 1.48. The maximum absolute atomic E-state index is 13.5. The third-order valence-corrected chi connectivity index (χ3v) is 6.91. The number of amides is 1. The van der Waals surface area contributed by atoms with Crippen molar-refractivity contribution in [2.75, 3.05) is 11.5 Å². The zero-order valence-electron chi connectivity index (χ0n) is 14.3. The van der Waals surface area contributed by atoms with Gasteiger partial charge in [0.25, 0.3) is 0 Å². The van der Waals surface area contributed by atoms with Gasteiger partial charge in [-0.2, -0.15) is 0 Å². The van der Waals surface area contributed by atoms with E-state index in [9.17, 15) is 14.7 Å². The van der Waals surface area contributed by atoms with Gasteiger partial charge in [0.1, 0.15) is 11.5 Å². The van der Waals surface area contributed by atoms with Crippen LogP contribution in [-0.4, -0.2) is 41.3 Å². The van der Waals surface area contributed by atoms with Crippen molar-refractivity contribution in [2.24, 2.45) is 17.8 Å². The van der Waals surface area contributed by atoms with Crippen LogP contribution in [0.1, 0.15) is 23.7 Å². The van der Waals surface area contributed by atoms with E-state index < -0.39 is 29.5 Å². The molecule has 1 aromatic carbocycles. The molecule has 7 atom stereocenters. The lowest BCUT2D eigenvalue weighted by molar-refractivity contribution is -0.146. The van der Waals surface area contributed by atoms with Gasteiger partial charge in [0, 0.05) is 23.8 Å². The van der Waals surface area contributed by atoms with Crippen LogP contribution in [-0.2, 0) is 19.1 Å². The molecule has 0 radical (unpaired) electrons. The van der Waals surface area contributed by atoms with Crippen molar-refractivity contribution in [3.05, 3.63) is 41.5 Å². The lowest BCUT2D eigenvalue weighted by atomic mass is 9.70. The van der Waals surface area contributed by atoms with Gasteiger partial charge in [-0.15, -0.1) is 0 Å². The van der Waals surface area contributed by atoms with Crippen molar-refractivity contribution in [3.63, 3.8) is 0 Å².